The molecule has 0 aliphatic carbocycles. The molecule has 12 heteroatoms. The van der Waals surface area contributed by atoms with E-state index in [2.05, 4.69) is 20.3 Å². The van der Waals surface area contributed by atoms with Gasteiger partial charge in [0.2, 0.25) is 27.6 Å². The van der Waals surface area contributed by atoms with E-state index in [1.54, 1.807) is 24.3 Å². The molecular weight excluding hydrogens is 478 g/mol. The van der Waals surface area contributed by atoms with Gasteiger partial charge in [-0.3, -0.25) is 0 Å². The van der Waals surface area contributed by atoms with Gasteiger partial charge < -0.3 is 13.7 Å². The molecule has 0 unspecified atom stereocenters. The van der Waals surface area contributed by atoms with Crippen molar-refractivity contribution in [3.8, 4) is 22.8 Å². The van der Waals surface area contributed by atoms with Crippen LogP contribution in [0.1, 0.15) is 11.5 Å². The van der Waals surface area contributed by atoms with Crippen molar-refractivity contribution in [1.29, 1.82) is 0 Å². The monoisotopic (exact) mass is 499 g/mol. The first-order valence-corrected chi connectivity index (χ1v) is 13.0. The van der Waals surface area contributed by atoms with Gasteiger partial charge in [-0.15, -0.1) is 10.2 Å². The molecule has 0 N–H and O–H groups in total. The van der Waals surface area contributed by atoms with Gasteiger partial charge >= 0.3 is 0 Å². The summed E-state index contributed by atoms with van der Waals surface area (Å²) < 4.78 is 43.6. The number of nitrogens with zero attached hydrogens (tertiary/aromatic N) is 5. The summed E-state index contributed by atoms with van der Waals surface area (Å²) in [4.78, 5) is 4.61. The van der Waals surface area contributed by atoms with Crippen molar-refractivity contribution in [3.63, 3.8) is 0 Å². The number of thioether (sulfide) groups is 1. The lowest BCUT2D eigenvalue weighted by Gasteiger charge is -2.26. The number of morpholine rings is 1. The molecule has 2 aromatic heterocycles. The molecule has 0 radical (unpaired) electrons. The highest BCUT2D eigenvalue weighted by Gasteiger charge is 2.27. The Morgan fingerprint density at radius 2 is 1.88 bits per heavy atom. The Morgan fingerprint density at radius 1 is 1.06 bits per heavy atom. The third kappa shape index (κ3) is 4.75. The molecule has 0 bridgehead atoms. The predicted octanol–water partition coefficient (Wildman–Crippen LogP) is 3.41. The van der Waals surface area contributed by atoms with E-state index in [1.807, 2.05) is 31.2 Å². The Bertz CT molecular complexity index is 1400. The van der Waals surface area contributed by atoms with Crippen LogP contribution >= 0.6 is 11.8 Å². The summed E-state index contributed by atoms with van der Waals surface area (Å²) in [5, 5.41) is 12.5. The Morgan fingerprint density at radius 3 is 2.71 bits per heavy atom. The van der Waals surface area contributed by atoms with E-state index in [9.17, 15) is 8.42 Å². The fourth-order valence-corrected chi connectivity index (χ4v) is 5.54. The SMILES string of the molecule is Cc1ccccc1-c1noc(CSc2nnc(-c3cccc(S(=O)(=O)N4CCOCC4)c3)o2)n1. The zero-order valence-electron chi connectivity index (χ0n) is 18.2. The fourth-order valence-electron chi connectivity index (χ4n) is 3.48. The van der Waals surface area contributed by atoms with Crippen LogP contribution in [0.2, 0.25) is 0 Å². The minimum absolute atomic E-state index is 0.175. The molecule has 0 atom stereocenters. The Hall–Kier alpha value is -3.06. The molecule has 0 spiro atoms. The third-order valence-corrected chi connectivity index (χ3v) is 7.97. The summed E-state index contributed by atoms with van der Waals surface area (Å²) >= 11 is 1.26. The maximum atomic E-state index is 12.9. The Balaban J connectivity index is 1.28. The first-order chi connectivity index (χ1) is 16.5. The van der Waals surface area contributed by atoms with Crippen molar-refractivity contribution < 1.29 is 22.1 Å². The summed E-state index contributed by atoms with van der Waals surface area (Å²) in [5.74, 6) is 1.54. The Labute approximate surface area is 200 Å². The van der Waals surface area contributed by atoms with Crippen molar-refractivity contribution in [3.05, 3.63) is 60.0 Å². The molecule has 1 aliphatic heterocycles. The van der Waals surface area contributed by atoms with Crippen LogP contribution in [0.15, 0.2) is 67.6 Å². The summed E-state index contributed by atoms with van der Waals surface area (Å²) in [6.45, 7) is 3.41. The molecule has 4 aromatic rings. The highest BCUT2D eigenvalue weighted by molar-refractivity contribution is 7.98. The number of aryl methyl sites for hydroxylation is 1. The quantitative estimate of drug-likeness (QED) is 0.349. The fraction of sp³-hybridized carbons (Fsp3) is 0.273. The van der Waals surface area contributed by atoms with E-state index >= 15 is 0 Å². The molecule has 1 aliphatic rings. The van der Waals surface area contributed by atoms with E-state index in [-0.39, 0.29) is 10.8 Å². The van der Waals surface area contributed by atoms with Crippen LogP contribution in [0.25, 0.3) is 22.8 Å². The summed E-state index contributed by atoms with van der Waals surface area (Å²) in [6.07, 6.45) is 0. The third-order valence-electron chi connectivity index (χ3n) is 5.27. The van der Waals surface area contributed by atoms with E-state index < -0.39 is 10.0 Å². The zero-order valence-corrected chi connectivity index (χ0v) is 19.9. The first kappa shape index (κ1) is 22.7. The predicted molar refractivity (Wildman–Crippen MR) is 123 cm³/mol. The van der Waals surface area contributed by atoms with Crippen molar-refractivity contribution in [1.82, 2.24) is 24.6 Å². The Kier molecular flexibility index (Phi) is 6.46. The number of aromatic nitrogens is 4. The molecule has 1 fully saturated rings. The summed E-state index contributed by atoms with van der Waals surface area (Å²) in [5.41, 5.74) is 2.49. The van der Waals surface area contributed by atoms with Crippen molar-refractivity contribution >= 4 is 21.8 Å². The van der Waals surface area contributed by atoms with E-state index in [0.29, 0.717) is 54.6 Å². The molecule has 0 amide bonds. The van der Waals surface area contributed by atoms with Crippen molar-refractivity contribution in [2.75, 3.05) is 26.3 Å². The van der Waals surface area contributed by atoms with Crippen LogP contribution in [0, 0.1) is 6.92 Å². The second-order valence-corrected chi connectivity index (χ2v) is 10.4. The van der Waals surface area contributed by atoms with Crippen molar-refractivity contribution in [2.45, 2.75) is 22.8 Å². The molecule has 176 valence electrons. The number of hydrogen-bond donors (Lipinski definition) is 0. The maximum Gasteiger partial charge on any atom is 0.277 e. The van der Waals surface area contributed by atoms with E-state index in [0.717, 1.165) is 11.1 Å². The van der Waals surface area contributed by atoms with Gasteiger partial charge in [0.25, 0.3) is 5.22 Å². The highest BCUT2D eigenvalue weighted by atomic mass is 32.2. The van der Waals surface area contributed by atoms with Gasteiger partial charge in [0.05, 0.1) is 23.9 Å². The second kappa shape index (κ2) is 9.66. The van der Waals surface area contributed by atoms with Gasteiger partial charge in [-0.25, -0.2) is 8.42 Å². The van der Waals surface area contributed by atoms with Gasteiger partial charge in [0.1, 0.15) is 0 Å². The van der Waals surface area contributed by atoms with E-state index in [4.69, 9.17) is 13.7 Å². The lowest BCUT2D eigenvalue weighted by molar-refractivity contribution is 0.0730. The van der Waals surface area contributed by atoms with Gasteiger partial charge in [-0.2, -0.15) is 9.29 Å². The number of hydrogen-bond acceptors (Lipinski definition) is 10. The van der Waals surface area contributed by atoms with Gasteiger partial charge in [-0.1, -0.05) is 47.3 Å². The highest BCUT2D eigenvalue weighted by Crippen LogP contribution is 2.28. The van der Waals surface area contributed by atoms with Crippen LogP contribution in [0.3, 0.4) is 0 Å². The van der Waals surface area contributed by atoms with Crippen molar-refractivity contribution in [2.24, 2.45) is 0 Å². The molecule has 1 saturated heterocycles. The normalized spacial score (nSPS) is 15.0. The van der Waals surface area contributed by atoms with Crippen LogP contribution in [0.5, 0.6) is 0 Å². The molecular formula is C22H21N5O5S2. The second-order valence-electron chi connectivity index (χ2n) is 7.53. The molecule has 0 saturated carbocycles. The summed E-state index contributed by atoms with van der Waals surface area (Å²) in [7, 11) is -3.63. The maximum absolute atomic E-state index is 12.9. The molecule has 5 rings (SSSR count). The average Bonchev–Trinajstić information content (AvgIpc) is 3.54. The summed E-state index contributed by atoms with van der Waals surface area (Å²) in [6, 6.07) is 14.3. The average molecular weight is 500 g/mol. The molecule has 3 heterocycles. The smallest absolute Gasteiger partial charge is 0.277 e. The van der Waals surface area contributed by atoms with E-state index in [1.165, 1.54) is 16.1 Å². The van der Waals surface area contributed by atoms with Gasteiger partial charge in [-0.05, 0) is 30.7 Å². The number of rotatable bonds is 7. The zero-order chi connectivity index (χ0) is 23.5. The largest absolute Gasteiger partial charge is 0.411 e. The lowest BCUT2D eigenvalue weighted by atomic mass is 10.1. The van der Waals surface area contributed by atoms with Gasteiger partial charge in [0, 0.05) is 24.2 Å². The number of benzene rings is 2. The first-order valence-electron chi connectivity index (χ1n) is 10.5. The lowest BCUT2D eigenvalue weighted by Crippen LogP contribution is -2.40. The van der Waals surface area contributed by atoms with Crippen LogP contribution in [-0.2, 0) is 20.5 Å². The van der Waals surface area contributed by atoms with Crippen LogP contribution in [-0.4, -0.2) is 59.4 Å². The van der Waals surface area contributed by atoms with Gasteiger partial charge in [0.15, 0.2) is 0 Å². The molecule has 10 nitrogen and oxygen atoms in total. The van der Waals surface area contributed by atoms with Crippen LogP contribution < -0.4 is 0 Å². The topological polar surface area (TPSA) is 124 Å². The number of sulfonamides is 1. The standard InChI is InChI=1S/C22H21N5O5S2/c1-15-5-2-3-8-18(15)20-23-19(32-26-20)14-33-22-25-24-21(31-22)16-6-4-7-17(13-16)34(28,29)27-9-11-30-12-10-27/h2-8,13H,9-12,14H2,1H3. The number of ether oxygens (including phenoxy) is 1. The minimum Gasteiger partial charge on any atom is -0.411 e. The molecule has 34 heavy (non-hydrogen) atoms. The molecule has 2 aromatic carbocycles. The minimum atomic E-state index is -3.63. The van der Waals surface area contributed by atoms with Crippen LogP contribution in [0.4, 0.5) is 0 Å².